The van der Waals surface area contributed by atoms with Gasteiger partial charge in [0, 0.05) is 24.3 Å². The maximum Gasteiger partial charge on any atom is 0.238 e. The number of anilines is 1. The average molecular weight is 259 g/mol. The Morgan fingerprint density at radius 2 is 2.21 bits per heavy atom. The third-order valence-corrected chi connectivity index (χ3v) is 4.10. The topological polar surface area (TPSA) is 58.4 Å². The van der Waals surface area contributed by atoms with Crippen LogP contribution in [-0.4, -0.2) is 36.0 Å². The van der Waals surface area contributed by atoms with Crippen LogP contribution in [-0.2, 0) is 4.79 Å². The van der Waals surface area contributed by atoms with Crippen molar-refractivity contribution in [2.24, 2.45) is 11.7 Å². The Morgan fingerprint density at radius 1 is 1.47 bits per heavy atom. The fourth-order valence-corrected chi connectivity index (χ4v) is 2.94. The van der Waals surface area contributed by atoms with Gasteiger partial charge in [0.05, 0.1) is 6.54 Å². The lowest BCUT2D eigenvalue weighted by molar-refractivity contribution is -0.119. The van der Waals surface area contributed by atoms with Gasteiger partial charge in [0.1, 0.15) is 0 Å². The van der Waals surface area contributed by atoms with Crippen LogP contribution >= 0.6 is 0 Å². The number of benzene rings is 1. The molecule has 1 saturated heterocycles. The minimum absolute atomic E-state index is 0.0103. The van der Waals surface area contributed by atoms with Gasteiger partial charge in [0.25, 0.3) is 0 Å². The molecular weight excluding hydrogens is 238 g/mol. The predicted molar refractivity (Wildman–Crippen MR) is 75.9 cm³/mol. The first-order valence-electron chi connectivity index (χ1n) is 6.93. The summed E-state index contributed by atoms with van der Waals surface area (Å²) in [4.78, 5) is 14.1. The van der Waals surface area contributed by atoms with Gasteiger partial charge in [-0.1, -0.05) is 12.1 Å². The highest BCUT2D eigenvalue weighted by molar-refractivity contribution is 5.92. The van der Waals surface area contributed by atoms with Gasteiger partial charge < -0.3 is 11.1 Å². The molecule has 19 heavy (non-hydrogen) atoms. The second-order valence-electron chi connectivity index (χ2n) is 6.07. The third-order valence-electron chi connectivity index (χ3n) is 4.10. The molecule has 0 bridgehead atoms. The van der Waals surface area contributed by atoms with Gasteiger partial charge in [-0.15, -0.1) is 0 Å². The average Bonchev–Trinajstić information content (AvgIpc) is 3.10. The molecule has 0 aromatic heterocycles. The summed E-state index contributed by atoms with van der Waals surface area (Å²) < 4.78 is 0. The zero-order valence-electron chi connectivity index (χ0n) is 11.4. The van der Waals surface area contributed by atoms with Crippen LogP contribution in [0.1, 0.15) is 18.4 Å². The molecule has 3 rings (SSSR count). The number of hydrogen-bond donors (Lipinski definition) is 2. The first-order chi connectivity index (χ1) is 9.05. The lowest BCUT2D eigenvalue weighted by Gasteiger charge is -2.48. The second-order valence-corrected chi connectivity index (χ2v) is 6.07. The highest BCUT2D eigenvalue weighted by Gasteiger charge is 2.50. The fourth-order valence-electron chi connectivity index (χ4n) is 2.94. The Hall–Kier alpha value is -1.39. The molecule has 2 fully saturated rings. The van der Waals surface area contributed by atoms with Crippen molar-refractivity contribution >= 4 is 11.6 Å². The van der Waals surface area contributed by atoms with Crippen molar-refractivity contribution in [1.82, 2.24) is 4.90 Å². The minimum Gasteiger partial charge on any atom is -0.325 e. The van der Waals surface area contributed by atoms with Crippen molar-refractivity contribution in [3.63, 3.8) is 0 Å². The molecule has 1 aromatic rings. The normalized spacial score (nSPS) is 21.8. The number of carbonyl (C=O) groups is 1. The van der Waals surface area contributed by atoms with Crippen LogP contribution in [0.4, 0.5) is 5.69 Å². The van der Waals surface area contributed by atoms with E-state index in [0.717, 1.165) is 24.3 Å². The van der Waals surface area contributed by atoms with Gasteiger partial charge in [-0.3, -0.25) is 9.69 Å². The zero-order chi connectivity index (χ0) is 13.5. The number of carbonyl (C=O) groups excluding carboxylic acids is 1. The molecule has 1 aliphatic carbocycles. The Labute approximate surface area is 114 Å². The van der Waals surface area contributed by atoms with Gasteiger partial charge in [0.2, 0.25) is 5.91 Å². The molecular formula is C15H21N3O. The Balaban J connectivity index is 1.47. The van der Waals surface area contributed by atoms with E-state index < -0.39 is 0 Å². The smallest absolute Gasteiger partial charge is 0.238 e. The molecule has 0 spiro atoms. The lowest BCUT2D eigenvalue weighted by atomic mass is 9.86. The van der Waals surface area contributed by atoms with E-state index in [1.807, 2.05) is 31.2 Å². The summed E-state index contributed by atoms with van der Waals surface area (Å²) in [5, 5.41) is 2.93. The zero-order valence-corrected chi connectivity index (χ0v) is 11.4. The van der Waals surface area contributed by atoms with E-state index in [2.05, 4.69) is 10.2 Å². The molecule has 1 saturated carbocycles. The van der Waals surface area contributed by atoms with Crippen LogP contribution in [0.2, 0.25) is 0 Å². The number of nitrogens with zero attached hydrogens (tertiary/aromatic N) is 1. The number of likely N-dealkylation sites (tertiary alicyclic amines) is 1. The van der Waals surface area contributed by atoms with Crippen LogP contribution in [0.3, 0.4) is 0 Å². The summed E-state index contributed by atoms with van der Waals surface area (Å²) in [5.41, 5.74) is 8.28. The third kappa shape index (κ3) is 2.80. The molecule has 0 unspecified atom stereocenters. The van der Waals surface area contributed by atoms with Gasteiger partial charge >= 0.3 is 0 Å². The first-order valence-corrected chi connectivity index (χ1v) is 6.93. The maximum atomic E-state index is 11.9. The number of hydrogen-bond acceptors (Lipinski definition) is 3. The summed E-state index contributed by atoms with van der Waals surface area (Å²) in [6, 6.07) is 7.86. The van der Waals surface area contributed by atoms with Gasteiger partial charge in [-0.2, -0.15) is 0 Å². The van der Waals surface area contributed by atoms with Crippen molar-refractivity contribution in [1.29, 1.82) is 0 Å². The summed E-state index contributed by atoms with van der Waals surface area (Å²) in [7, 11) is 0. The van der Waals surface area contributed by atoms with Crippen LogP contribution in [0, 0.1) is 12.8 Å². The Bertz CT molecular complexity index is 490. The molecule has 2 aliphatic rings. The van der Waals surface area contributed by atoms with E-state index in [-0.39, 0.29) is 11.4 Å². The monoisotopic (exact) mass is 259 g/mol. The summed E-state index contributed by atoms with van der Waals surface area (Å²) in [5.74, 6) is 0.743. The van der Waals surface area contributed by atoms with Crippen LogP contribution in [0.5, 0.6) is 0 Å². The fraction of sp³-hybridized carbons (Fsp3) is 0.533. The molecule has 0 radical (unpaired) electrons. The first kappa shape index (κ1) is 12.6. The number of nitrogens with two attached hydrogens (primary N) is 1. The van der Waals surface area contributed by atoms with Gasteiger partial charge in [-0.05, 0) is 43.4 Å². The van der Waals surface area contributed by atoms with Crippen molar-refractivity contribution in [3.05, 3.63) is 29.8 Å². The van der Waals surface area contributed by atoms with Crippen molar-refractivity contribution in [2.45, 2.75) is 25.3 Å². The molecule has 4 nitrogen and oxygen atoms in total. The van der Waals surface area contributed by atoms with E-state index in [1.54, 1.807) is 0 Å². The van der Waals surface area contributed by atoms with E-state index >= 15 is 0 Å². The van der Waals surface area contributed by atoms with E-state index in [9.17, 15) is 4.79 Å². The molecule has 1 aliphatic heterocycles. The number of aryl methyl sites for hydroxylation is 1. The molecule has 102 valence electrons. The molecule has 3 N–H and O–H groups in total. The standard InChI is InChI=1S/C15H21N3O/c1-11-3-2-4-13(7-11)17-14(19)8-18-9-15(16,10-18)12-5-6-12/h2-4,7,12H,5-6,8-10,16H2,1H3,(H,17,19). The summed E-state index contributed by atoms with van der Waals surface area (Å²) >= 11 is 0. The van der Waals surface area contributed by atoms with E-state index in [4.69, 9.17) is 5.73 Å². The Kier molecular flexibility index (Phi) is 3.07. The highest BCUT2D eigenvalue weighted by Crippen LogP contribution is 2.42. The van der Waals surface area contributed by atoms with Gasteiger partial charge in [-0.25, -0.2) is 0 Å². The molecule has 1 heterocycles. The van der Waals surface area contributed by atoms with Crippen LogP contribution in [0.25, 0.3) is 0 Å². The quantitative estimate of drug-likeness (QED) is 0.858. The van der Waals surface area contributed by atoms with E-state index in [0.29, 0.717) is 12.5 Å². The lowest BCUT2D eigenvalue weighted by Crippen LogP contribution is -2.69. The predicted octanol–water partition coefficient (Wildman–Crippen LogP) is 1.36. The van der Waals surface area contributed by atoms with Crippen molar-refractivity contribution in [2.75, 3.05) is 25.0 Å². The summed E-state index contributed by atoms with van der Waals surface area (Å²) in [6.45, 7) is 4.18. The number of amides is 1. The summed E-state index contributed by atoms with van der Waals surface area (Å²) in [6.07, 6.45) is 2.53. The SMILES string of the molecule is Cc1cccc(NC(=O)CN2CC(N)(C3CC3)C2)c1. The number of nitrogens with one attached hydrogen (secondary N) is 1. The second kappa shape index (κ2) is 4.62. The number of rotatable bonds is 4. The van der Waals surface area contributed by atoms with Crippen LogP contribution in [0.15, 0.2) is 24.3 Å². The minimum atomic E-state index is -0.0103. The van der Waals surface area contributed by atoms with Crippen molar-refractivity contribution < 1.29 is 4.79 Å². The molecule has 1 aromatic carbocycles. The molecule has 4 heteroatoms. The largest absolute Gasteiger partial charge is 0.325 e. The van der Waals surface area contributed by atoms with Gasteiger partial charge in [0.15, 0.2) is 0 Å². The molecule has 0 atom stereocenters. The molecule has 1 amide bonds. The van der Waals surface area contributed by atoms with Crippen LogP contribution < -0.4 is 11.1 Å². The van der Waals surface area contributed by atoms with Crippen molar-refractivity contribution in [3.8, 4) is 0 Å². The Morgan fingerprint density at radius 3 is 2.84 bits per heavy atom. The maximum absolute atomic E-state index is 11.9. The van der Waals surface area contributed by atoms with E-state index in [1.165, 1.54) is 12.8 Å². The highest BCUT2D eigenvalue weighted by atomic mass is 16.2.